The van der Waals surface area contributed by atoms with E-state index in [1.54, 1.807) is 0 Å². The molecule has 0 radical (unpaired) electrons. The molecule has 0 spiro atoms. The molecule has 0 bridgehead atoms. The van der Waals surface area contributed by atoms with Crippen molar-refractivity contribution in [2.24, 2.45) is 0 Å². The van der Waals surface area contributed by atoms with Gasteiger partial charge in [0.15, 0.2) is 0 Å². The smallest absolute Gasteiger partial charge is 0.418 e. The summed E-state index contributed by atoms with van der Waals surface area (Å²) in [6.45, 7) is 6.01. The van der Waals surface area contributed by atoms with Crippen LogP contribution in [0, 0.1) is 0 Å². The van der Waals surface area contributed by atoms with E-state index in [0.717, 1.165) is 37.4 Å². The number of hydrogen-bond donors (Lipinski definition) is 0. The van der Waals surface area contributed by atoms with Gasteiger partial charge in [0, 0.05) is 6.61 Å². The van der Waals surface area contributed by atoms with Crippen molar-refractivity contribution < 1.29 is 18.3 Å². The van der Waals surface area contributed by atoms with Crippen LogP contribution in [0.3, 0.4) is 0 Å². The van der Waals surface area contributed by atoms with E-state index in [0.29, 0.717) is 12.7 Å². The number of hydrogen-bond acceptors (Lipinski definition) is 4. The Morgan fingerprint density at radius 1 is 0.636 bits per heavy atom. The molecule has 0 aliphatic rings. The lowest BCUT2D eigenvalue weighted by molar-refractivity contribution is 0.0556. The molecule has 2 aromatic carbocycles. The lowest BCUT2D eigenvalue weighted by Crippen LogP contribution is -2.09. The van der Waals surface area contributed by atoms with Crippen LogP contribution in [0.5, 0.6) is 11.5 Å². The molecule has 1 unspecified atom stereocenters. The fourth-order valence-electron chi connectivity index (χ4n) is 3.48. The molecule has 33 heavy (non-hydrogen) atoms. The molecule has 0 saturated heterocycles. The Labute approximate surface area is 203 Å². The van der Waals surface area contributed by atoms with Gasteiger partial charge in [0.25, 0.3) is 0 Å². The summed E-state index contributed by atoms with van der Waals surface area (Å²) >= 11 is 0. The third-order valence-corrected chi connectivity index (χ3v) is 6.56. The molecule has 5 heteroatoms. The summed E-state index contributed by atoms with van der Waals surface area (Å²) in [6, 6.07) is 19.4. The zero-order chi connectivity index (χ0) is 23.4. The Morgan fingerprint density at radius 3 is 1.76 bits per heavy atom. The van der Waals surface area contributed by atoms with Gasteiger partial charge in [-0.1, -0.05) is 94.7 Å². The van der Waals surface area contributed by atoms with Gasteiger partial charge in [-0.25, -0.2) is 0 Å². The first-order valence-electron chi connectivity index (χ1n) is 12.8. The summed E-state index contributed by atoms with van der Waals surface area (Å²) in [5.74, 6) is 1.52. The van der Waals surface area contributed by atoms with E-state index >= 15 is 0 Å². The maximum Gasteiger partial charge on any atom is 0.463 e. The molecule has 0 fully saturated rings. The summed E-state index contributed by atoms with van der Waals surface area (Å²) in [5, 5.41) is 0. The molecule has 0 N–H and O–H groups in total. The monoisotopic (exact) mass is 474 g/mol. The van der Waals surface area contributed by atoms with Gasteiger partial charge in [0.05, 0.1) is 12.7 Å². The van der Waals surface area contributed by atoms with E-state index in [4.69, 9.17) is 18.3 Å². The van der Waals surface area contributed by atoms with Gasteiger partial charge in [-0.2, -0.15) is 0 Å². The van der Waals surface area contributed by atoms with Crippen molar-refractivity contribution in [1.29, 1.82) is 0 Å². The van der Waals surface area contributed by atoms with E-state index in [1.165, 1.54) is 51.4 Å². The second-order valence-electron chi connectivity index (χ2n) is 8.52. The van der Waals surface area contributed by atoms with Crippen LogP contribution in [0.4, 0.5) is 0 Å². The van der Waals surface area contributed by atoms with Crippen LogP contribution in [0.15, 0.2) is 60.7 Å². The summed E-state index contributed by atoms with van der Waals surface area (Å²) in [5.41, 5.74) is 0. The Hall–Kier alpha value is -1.61. The molecule has 0 saturated carbocycles. The van der Waals surface area contributed by atoms with Crippen molar-refractivity contribution in [1.82, 2.24) is 0 Å². The second kappa shape index (κ2) is 18.8. The predicted molar refractivity (Wildman–Crippen MR) is 139 cm³/mol. The molecular formula is C28H43O4P. The fraction of sp³-hybridized carbons (Fsp3) is 0.571. The zero-order valence-electron chi connectivity index (χ0n) is 20.6. The average Bonchev–Trinajstić information content (AvgIpc) is 2.84. The molecule has 184 valence electrons. The molecule has 0 heterocycles. The Kier molecular flexibility index (Phi) is 15.7. The van der Waals surface area contributed by atoms with Crippen molar-refractivity contribution in [3.63, 3.8) is 0 Å². The van der Waals surface area contributed by atoms with E-state index in [9.17, 15) is 0 Å². The maximum absolute atomic E-state index is 5.97. The molecule has 1 atom stereocenters. The van der Waals surface area contributed by atoms with Gasteiger partial charge in [-0.3, -0.25) is 4.52 Å². The predicted octanol–water partition coefficient (Wildman–Crippen LogP) is 9.10. The first-order chi connectivity index (χ1) is 16.3. The minimum atomic E-state index is -1.48. The van der Waals surface area contributed by atoms with Gasteiger partial charge in [-0.15, -0.1) is 0 Å². The zero-order valence-corrected chi connectivity index (χ0v) is 21.5. The Bertz CT molecular complexity index is 641. The first-order valence-corrected chi connectivity index (χ1v) is 13.9. The van der Waals surface area contributed by atoms with Crippen molar-refractivity contribution in [3.8, 4) is 11.5 Å². The number of benzene rings is 2. The van der Waals surface area contributed by atoms with Crippen LogP contribution < -0.4 is 9.05 Å². The number of ether oxygens (including phenoxy) is 1. The van der Waals surface area contributed by atoms with Crippen LogP contribution in [-0.2, 0) is 9.26 Å². The average molecular weight is 475 g/mol. The summed E-state index contributed by atoms with van der Waals surface area (Å²) < 4.78 is 23.9. The second-order valence-corrected chi connectivity index (χ2v) is 9.59. The van der Waals surface area contributed by atoms with Crippen LogP contribution >= 0.6 is 8.60 Å². The fourth-order valence-corrected chi connectivity index (χ4v) is 4.49. The molecule has 0 aliphatic heterocycles. The molecule has 2 aromatic rings. The van der Waals surface area contributed by atoms with Gasteiger partial charge >= 0.3 is 8.60 Å². The molecule has 0 aromatic heterocycles. The van der Waals surface area contributed by atoms with Gasteiger partial charge in [0.2, 0.25) is 0 Å². The highest BCUT2D eigenvalue weighted by Crippen LogP contribution is 2.41. The normalized spacial score (nSPS) is 12.1. The topological polar surface area (TPSA) is 36.9 Å². The highest BCUT2D eigenvalue weighted by atomic mass is 31.2. The van der Waals surface area contributed by atoms with Gasteiger partial charge in [-0.05, 0) is 50.5 Å². The highest BCUT2D eigenvalue weighted by Gasteiger charge is 2.17. The third-order valence-electron chi connectivity index (χ3n) is 5.45. The van der Waals surface area contributed by atoms with Crippen molar-refractivity contribution in [2.45, 2.75) is 90.6 Å². The van der Waals surface area contributed by atoms with E-state index in [2.05, 4.69) is 13.8 Å². The van der Waals surface area contributed by atoms with Crippen molar-refractivity contribution >= 4 is 8.60 Å². The molecule has 2 rings (SSSR count). The van der Waals surface area contributed by atoms with E-state index < -0.39 is 8.60 Å². The quantitative estimate of drug-likeness (QED) is 0.142. The summed E-state index contributed by atoms with van der Waals surface area (Å²) in [7, 11) is -1.48. The van der Waals surface area contributed by atoms with Crippen LogP contribution in [0.25, 0.3) is 0 Å². The third kappa shape index (κ3) is 14.3. The summed E-state index contributed by atoms with van der Waals surface area (Å²) in [6.07, 6.45) is 13.9. The number of unbranched alkanes of at least 4 members (excludes halogenated alkanes) is 8. The largest absolute Gasteiger partial charge is 0.463 e. The van der Waals surface area contributed by atoms with E-state index in [-0.39, 0.29) is 0 Å². The minimum absolute atomic E-state index is 0.364. The van der Waals surface area contributed by atoms with Gasteiger partial charge < -0.3 is 13.8 Å². The van der Waals surface area contributed by atoms with Crippen molar-refractivity contribution in [2.75, 3.05) is 13.2 Å². The Morgan fingerprint density at radius 2 is 1.15 bits per heavy atom. The van der Waals surface area contributed by atoms with Crippen molar-refractivity contribution in [3.05, 3.63) is 60.7 Å². The van der Waals surface area contributed by atoms with Gasteiger partial charge in [0.1, 0.15) is 11.5 Å². The standard InChI is InChI=1S/C28H43O4P/c1-3-4-5-6-8-17-24-29-26(2)19-12-7-9-18-25-30-33(31-27-20-13-10-14-21-27)32-28-22-15-11-16-23-28/h10-11,13-16,20-23,26H,3-9,12,17-19,24-25H2,1-2H3. The minimum Gasteiger partial charge on any atom is -0.418 e. The first kappa shape index (κ1) is 27.6. The lowest BCUT2D eigenvalue weighted by Gasteiger charge is -2.17. The van der Waals surface area contributed by atoms with E-state index in [1.807, 2.05) is 60.7 Å². The highest BCUT2D eigenvalue weighted by molar-refractivity contribution is 7.42. The summed E-state index contributed by atoms with van der Waals surface area (Å²) in [4.78, 5) is 0. The van der Waals surface area contributed by atoms with Crippen LogP contribution in [0.2, 0.25) is 0 Å². The SMILES string of the molecule is CCCCCCCCOC(C)CCCCCCOP(Oc1ccccc1)Oc1ccccc1. The van der Waals surface area contributed by atoms with Crippen LogP contribution in [0.1, 0.15) is 84.5 Å². The lowest BCUT2D eigenvalue weighted by atomic mass is 10.1. The number of para-hydroxylation sites is 2. The molecule has 0 amide bonds. The maximum atomic E-state index is 5.97. The Balaban J connectivity index is 1.53. The molecule has 0 aliphatic carbocycles. The number of rotatable bonds is 20. The van der Waals surface area contributed by atoms with Crippen LogP contribution in [-0.4, -0.2) is 19.3 Å². The molecular weight excluding hydrogens is 431 g/mol. The molecule has 4 nitrogen and oxygen atoms in total.